The van der Waals surface area contributed by atoms with Crippen molar-refractivity contribution >= 4 is 0 Å². The molecule has 5 nitrogen and oxygen atoms in total. The Morgan fingerprint density at radius 2 is 2.25 bits per heavy atom. The SMILES string of the molecule is NCc1c[nH]n(Cc2cccc(O)c2)c1=O. The molecule has 1 aromatic heterocycles. The Hall–Kier alpha value is -2.01. The average Bonchev–Trinajstić information content (AvgIpc) is 2.60. The zero-order valence-electron chi connectivity index (χ0n) is 8.68. The Morgan fingerprint density at radius 1 is 1.44 bits per heavy atom. The van der Waals surface area contributed by atoms with E-state index in [1.165, 1.54) is 4.68 Å². The van der Waals surface area contributed by atoms with Crippen LogP contribution in [0.25, 0.3) is 0 Å². The van der Waals surface area contributed by atoms with E-state index in [1.807, 2.05) is 6.07 Å². The van der Waals surface area contributed by atoms with Gasteiger partial charge in [0.05, 0.1) is 6.54 Å². The Kier molecular flexibility index (Phi) is 2.78. The standard InChI is InChI=1S/C11H13N3O2/c12-5-9-6-13-14(11(9)16)7-8-2-1-3-10(15)4-8/h1-4,6,13,15H,5,7,12H2. The summed E-state index contributed by atoms with van der Waals surface area (Å²) in [4.78, 5) is 11.7. The first-order valence-corrected chi connectivity index (χ1v) is 4.96. The summed E-state index contributed by atoms with van der Waals surface area (Å²) in [6.07, 6.45) is 1.60. The van der Waals surface area contributed by atoms with Gasteiger partial charge in [-0.1, -0.05) is 12.1 Å². The molecule has 16 heavy (non-hydrogen) atoms. The Labute approximate surface area is 92.1 Å². The van der Waals surface area contributed by atoms with Crippen molar-refractivity contribution in [1.82, 2.24) is 9.78 Å². The number of hydrogen-bond donors (Lipinski definition) is 3. The number of phenols is 1. The predicted molar refractivity (Wildman–Crippen MR) is 60.2 cm³/mol. The maximum absolute atomic E-state index is 11.7. The van der Waals surface area contributed by atoms with Crippen molar-refractivity contribution in [3.63, 3.8) is 0 Å². The molecule has 0 unspecified atom stereocenters. The van der Waals surface area contributed by atoms with Gasteiger partial charge in [0.1, 0.15) is 5.75 Å². The second-order valence-electron chi connectivity index (χ2n) is 3.56. The normalized spacial score (nSPS) is 10.6. The average molecular weight is 219 g/mol. The largest absolute Gasteiger partial charge is 0.508 e. The molecule has 4 N–H and O–H groups in total. The van der Waals surface area contributed by atoms with E-state index >= 15 is 0 Å². The maximum Gasteiger partial charge on any atom is 0.271 e. The van der Waals surface area contributed by atoms with Crippen molar-refractivity contribution in [2.24, 2.45) is 5.73 Å². The first-order chi connectivity index (χ1) is 7.70. The minimum Gasteiger partial charge on any atom is -0.508 e. The molecule has 0 amide bonds. The highest BCUT2D eigenvalue weighted by molar-refractivity contribution is 5.27. The Bertz CT molecular complexity index is 542. The van der Waals surface area contributed by atoms with Gasteiger partial charge < -0.3 is 15.9 Å². The summed E-state index contributed by atoms with van der Waals surface area (Å²) in [6.45, 7) is 0.621. The Balaban J connectivity index is 2.27. The van der Waals surface area contributed by atoms with Crippen LogP contribution in [0.1, 0.15) is 11.1 Å². The summed E-state index contributed by atoms with van der Waals surface area (Å²) < 4.78 is 1.46. The molecule has 84 valence electrons. The summed E-state index contributed by atoms with van der Waals surface area (Å²) in [7, 11) is 0. The molecule has 0 radical (unpaired) electrons. The molecule has 0 saturated heterocycles. The summed E-state index contributed by atoms with van der Waals surface area (Å²) in [5.74, 6) is 0.191. The monoisotopic (exact) mass is 219 g/mol. The first kappa shape index (κ1) is 10.5. The second-order valence-corrected chi connectivity index (χ2v) is 3.56. The van der Waals surface area contributed by atoms with E-state index in [9.17, 15) is 9.90 Å². The molecule has 0 fully saturated rings. The number of phenolic OH excluding ortho intramolecular Hbond substituents is 1. The second kappa shape index (κ2) is 4.24. The lowest BCUT2D eigenvalue weighted by molar-refractivity contribution is 0.474. The van der Waals surface area contributed by atoms with E-state index in [2.05, 4.69) is 5.10 Å². The number of rotatable bonds is 3. The number of aromatic hydroxyl groups is 1. The number of hydrogen-bond acceptors (Lipinski definition) is 3. The molecule has 0 aliphatic carbocycles. The van der Waals surface area contributed by atoms with Crippen LogP contribution >= 0.6 is 0 Å². The third-order valence-electron chi connectivity index (χ3n) is 2.39. The topological polar surface area (TPSA) is 84.0 Å². The summed E-state index contributed by atoms with van der Waals surface area (Å²) in [5.41, 5.74) is 6.70. The van der Waals surface area contributed by atoms with Gasteiger partial charge in [-0.05, 0) is 17.7 Å². The highest BCUT2D eigenvalue weighted by Crippen LogP contribution is 2.11. The zero-order chi connectivity index (χ0) is 11.5. The zero-order valence-corrected chi connectivity index (χ0v) is 8.68. The fourth-order valence-corrected chi connectivity index (χ4v) is 1.55. The van der Waals surface area contributed by atoms with Crippen LogP contribution in [0, 0.1) is 0 Å². The van der Waals surface area contributed by atoms with Crippen LogP contribution in [-0.2, 0) is 13.1 Å². The van der Waals surface area contributed by atoms with Crippen LogP contribution < -0.4 is 11.3 Å². The molecule has 0 aliphatic rings. The highest BCUT2D eigenvalue weighted by atomic mass is 16.3. The lowest BCUT2D eigenvalue weighted by atomic mass is 10.2. The fourth-order valence-electron chi connectivity index (χ4n) is 1.55. The van der Waals surface area contributed by atoms with Gasteiger partial charge in [0.15, 0.2) is 0 Å². The summed E-state index contributed by atoms with van der Waals surface area (Å²) in [5, 5.41) is 12.1. The van der Waals surface area contributed by atoms with Crippen LogP contribution in [0.15, 0.2) is 35.3 Å². The van der Waals surface area contributed by atoms with Gasteiger partial charge >= 0.3 is 0 Å². The summed E-state index contributed by atoms with van der Waals surface area (Å²) >= 11 is 0. The van der Waals surface area contributed by atoms with E-state index in [-0.39, 0.29) is 17.9 Å². The maximum atomic E-state index is 11.7. The molecule has 2 aromatic rings. The van der Waals surface area contributed by atoms with Crippen LogP contribution in [0.3, 0.4) is 0 Å². The van der Waals surface area contributed by atoms with Gasteiger partial charge in [-0.2, -0.15) is 0 Å². The number of aromatic nitrogens is 2. The van der Waals surface area contributed by atoms with E-state index in [1.54, 1.807) is 24.4 Å². The Morgan fingerprint density at radius 3 is 2.88 bits per heavy atom. The van der Waals surface area contributed by atoms with Crippen molar-refractivity contribution in [1.29, 1.82) is 0 Å². The molecule has 0 bridgehead atoms. The van der Waals surface area contributed by atoms with Crippen molar-refractivity contribution in [2.45, 2.75) is 13.1 Å². The molecular weight excluding hydrogens is 206 g/mol. The van der Waals surface area contributed by atoms with E-state index in [0.29, 0.717) is 12.1 Å². The van der Waals surface area contributed by atoms with E-state index in [0.717, 1.165) is 5.56 Å². The van der Waals surface area contributed by atoms with Gasteiger partial charge in [-0.15, -0.1) is 0 Å². The minimum absolute atomic E-state index is 0.120. The van der Waals surface area contributed by atoms with Gasteiger partial charge in [0.25, 0.3) is 5.56 Å². The number of H-pyrrole nitrogens is 1. The lowest BCUT2D eigenvalue weighted by Crippen LogP contribution is -2.21. The number of nitrogens with two attached hydrogens (primary N) is 1. The molecule has 1 heterocycles. The molecular formula is C11H13N3O2. The third kappa shape index (κ3) is 1.99. The van der Waals surface area contributed by atoms with Crippen LogP contribution in [-0.4, -0.2) is 14.9 Å². The molecule has 0 saturated carbocycles. The van der Waals surface area contributed by atoms with E-state index < -0.39 is 0 Å². The van der Waals surface area contributed by atoms with Gasteiger partial charge in [-0.3, -0.25) is 4.79 Å². The molecule has 0 aliphatic heterocycles. The van der Waals surface area contributed by atoms with Gasteiger partial charge in [0, 0.05) is 18.3 Å². The molecule has 0 spiro atoms. The first-order valence-electron chi connectivity index (χ1n) is 4.96. The van der Waals surface area contributed by atoms with E-state index in [4.69, 9.17) is 5.73 Å². The summed E-state index contributed by atoms with van der Waals surface area (Å²) in [6, 6.07) is 6.79. The molecule has 2 rings (SSSR count). The van der Waals surface area contributed by atoms with Crippen LogP contribution in [0.4, 0.5) is 0 Å². The molecule has 1 aromatic carbocycles. The predicted octanol–water partition coefficient (Wildman–Crippen LogP) is 0.389. The molecule has 5 heteroatoms. The van der Waals surface area contributed by atoms with Crippen molar-refractivity contribution in [2.75, 3.05) is 0 Å². The van der Waals surface area contributed by atoms with Crippen molar-refractivity contribution in [3.8, 4) is 5.75 Å². The lowest BCUT2D eigenvalue weighted by Gasteiger charge is -2.02. The van der Waals surface area contributed by atoms with Crippen molar-refractivity contribution < 1.29 is 5.11 Å². The number of nitrogens with one attached hydrogen (secondary N) is 1. The van der Waals surface area contributed by atoms with Gasteiger partial charge in [0.2, 0.25) is 0 Å². The van der Waals surface area contributed by atoms with Gasteiger partial charge in [-0.25, -0.2) is 4.68 Å². The quantitative estimate of drug-likeness (QED) is 0.698. The van der Waals surface area contributed by atoms with Crippen LogP contribution in [0.5, 0.6) is 5.75 Å². The third-order valence-corrected chi connectivity index (χ3v) is 2.39. The van der Waals surface area contributed by atoms with Crippen molar-refractivity contribution in [3.05, 3.63) is 51.9 Å². The highest BCUT2D eigenvalue weighted by Gasteiger charge is 2.04. The number of aromatic amines is 1. The fraction of sp³-hybridized carbons (Fsp3) is 0.182. The number of benzene rings is 1. The minimum atomic E-state index is -0.120. The molecule has 0 atom stereocenters. The smallest absolute Gasteiger partial charge is 0.271 e. The number of nitrogens with zero attached hydrogens (tertiary/aromatic N) is 1. The van der Waals surface area contributed by atoms with Crippen LogP contribution in [0.2, 0.25) is 0 Å².